The Kier molecular flexibility index (Phi) is 7.89. The minimum absolute atomic E-state index is 0.136. The van der Waals surface area contributed by atoms with Crippen LogP contribution in [0.2, 0.25) is 0 Å². The zero-order valence-electron chi connectivity index (χ0n) is 9.14. The van der Waals surface area contributed by atoms with E-state index < -0.39 is 0 Å². The highest BCUT2D eigenvalue weighted by atomic mass is 32.2. The number of amides is 2. The zero-order valence-corrected chi connectivity index (χ0v) is 11.6. The van der Waals surface area contributed by atoms with Crippen LogP contribution in [0.3, 0.4) is 0 Å². The van der Waals surface area contributed by atoms with Crippen LogP contribution in [0.5, 0.6) is 0 Å². The van der Waals surface area contributed by atoms with Gasteiger partial charge in [0.25, 0.3) is 0 Å². The quantitative estimate of drug-likeness (QED) is 0.483. The molecule has 88 valence electrons. The van der Waals surface area contributed by atoms with Crippen molar-refractivity contribution in [2.75, 3.05) is 25.4 Å². The average molecular weight is 269 g/mol. The number of hydrogen-bond acceptors (Lipinski definition) is 6. The number of nitrogens with zero attached hydrogens (tertiary/aromatic N) is 2. The van der Waals surface area contributed by atoms with Crippen LogP contribution in [0.15, 0.2) is 0 Å². The first-order chi connectivity index (χ1) is 7.12. The second kappa shape index (κ2) is 8.00. The molecule has 0 aromatic rings. The summed E-state index contributed by atoms with van der Waals surface area (Å²) in [6.07, 6.45) is 5.33. The van der Waals surface area contributed by atoms with E-state index in [1.165, 1.54) is 31.9 Å². The van der Waals surface area contributed by atoms with E-state index in [1.807, 2.05) is 0 Å². The summed E-state index contributed by atoms with van der Waals surface area (Å²) in [5.41, 5.74) is 0. The number of carbonyl (C=O) groups is 1. The topological polar surface area (TPSA) is 56.6 Å². The number of amidine groups is 1. The Hall–Kier alpha value is -0.210. The van der Waals surface area contributed by atoms with E-state index in [4.69, 9.17) is 10.1 Å². The Morgan fingerprint density at radius 2 is 1.80 bits per heavy atom. The van der Waals surface area contributed by atoms with Crippen LogP contribution in [-0.2, 0) is 4.74 Å². The summed E-state index contributed by atoms with van der Waals surface area (Å²) in [5.74, 6) is 0. The van der Waals surface area contributed by atoms with E-state index in [2.05, 4.69) is 0 Å². The van der Waals surface area contributed by atoms with Crippen LogP contribution in [0.4, 0.5) is 4.79 Å². The van der Waals surface area contributed by atoms with Crippen molar-refractivity contribution in [2.24, 2.45) is 0 Å². The fourth-order valence-corrected chi connectivity index (χ4v) is 2.38. The molecule has 0 rings (SSSR count). The highest BCUT2D eigenvalue weighted by Crippen LogP contribution is 2.22. The summed E-state index contributed by atoms with van der Waals surface area (Å²) in [6.45, 7) is 2.15. The second-order valence-electron chi connectivity index (χ2n) is 2.12. The van der Waals surface area contributed by atoms with Crippen molar-refractivity contribution in [3.8, 4) is 0 Å². The number of hydrogen-bond donors (Lipinski definition) is 1. The molecule has 15 heavy (non-hydrogen) atoms. The standard InChI is InChI=1S/C7H15N3O2S3/c1-5-12-6(8)9(13-2)7(11)10(14-3)15-4/h8H,5H2,1-4H3. The molecule has 8 heteroatoms. The fourth-order valence-electron chi connectivity index (χ4n) is 0.748. The van der Waals surface area contributed by atoms with E-state index in [1.54, 1.807) is 25.7 Å². The third kappa shape index (κ3) is 4.43. The molecule has 0 aliphatic carbocycles. The monoisotopic (exact) mass is 269 g/mol. The number of ether oxygens (including phenoxy) is 1. The Balaban J connectivity index is 4.51. The van der Waals surface area contributed by atoms with E-state index in [9.17, 15) is 4.79 Å². The minimum Gasteiger partial charge on any atom is -0.465 e. The molecular formula is C7H15N3O2S3. The lowest BCUT2D eigenvalue weighted by Gasteiger charge is -2.24. The molecule has 0 fully saturated rings. The van der Waals surface area contributed by atoms with Gasteiger partial charge in [-0.2, -0.15) is 4.31 Å². The minimum atomic E-state index is -0.277. The fraction of sp³-hybridized carbons (Fsp3) is 0.714. The first-order valence-electron chi connectivity index (χ1n) is 4.10. The predicted molar refractivity (Wildman–Crippen MR) is 69.0 cm³/mol. The van der Waals surface area contributed by atoms with Crippen LogP contribution in [-0.4, -0.2) is 45.4 Å². The van der Waals surface area contributed by atoms with Gasteiger partial charge in [-0.05, 0) is 42.8 Å². The van der Waals surface area contributed by atoms with Crippen molar-refractivity contribution in [2.45, 2.75) is 6.92 Å². The Morgan fingerprint density at radius 1 is 1.27 bits per heavy atom. The van der Waals surface area contributed by atoms with Gasteiger partial charge < -0.3 is 4.74 Å². The maximum atomic E-state index is 11.8. The van der Waals surface area contributed by atoms with Gasteiger partial charge in [0.1, 0.15) is 0 Å². The van der Waals surface area contributed by atoms with Gasteiger partial charge in [-0.1, -0.05) is 0 Å². The average Bonchev–Trinajstić information content (AvgIpc) is 2.21. The molecule has 0 aromatic heterocycles. The van der Waals surface area contributed by atoms with E-state index in [0.29, 0.717) is 6.61 Å². The van der Waals surface area contributed by atoms with Gasteiger partial charge in [0.2, 0.25) is 0 Å². The highest BCUT2D eigenvalue weighted by Gasteiger charge is 2.24. The maximum absolute atomic E-state index is 11.8. The van der Waals surface area contributed by atoms with Crippen molar-refractivity contribution in [1.82, 2.24) is 8.02 Å². The molecule has 0 saturated carbocycles. The number of carbonyl (C=O) groups excluding carboxylic acids is 1. The van der Waals surface area contributed by atoms with Crippen molar-refractivity contribution < 1.29 is 9.53 Å². The molecule has 2 amide bonds. The molecule has 0 heterocycles. The Bertz CT molecular complexity index is 224. The third-order valence-electron chi connectivity index (χ3n) is 1.31. The lowest BCUT2D eigenvalue weighted by Crippen LogP contribution is -2.37. The molecule has 5 nitrogen and oxygen atoms in total. The van der Waals surface area contributed by atoms with Crippen molar-refractivity contribution in [3.63, 3.8) is 0 Å². The summed E-state index contributed by atoms with van der Waals surface area (Å²) in [6, 6.07) is -0.413. The smallest absolute Gasteiger partial charge is 0.358 e. The maximum Gasteiger partial charge on any atom is 0.358 e. The Labute approximate surface area is 103 Å². The van der Waals surface area contributed by atoms with Gasteiger partial charge in [0.05, 0.1) is 6.61 Å². The normalized spacial score (nSPS) is 9.60. The molecule has 0 spiro atoms. The molecule has 0 radical (unpaired) electrons. The van der Waals surface area contributed by atoms with Gasteiger partial charge in [-0.3, -0.25) is 5.41 Å². The largest absolute Gasteiger partial charge is 0.465 e. The molecule has 0 aromatic carbocycles. The number of nitrogens with one attached hydrogen (secondary N) is 1. The Morgan fingerprint density at radius 3 is 2.13 bits per heavy atom. The molecule has 0 atom stereocenters. The first kappa shape index (κ1) is 14.8. The van der Waals surface area contributed by atoms with Gasteiger partial charge in [-0.15, -0.1) is 0 Å². The molecule has 0 unspecified atom stereocenters. The van der Waals surface area contributed by atoms with E-state index in [0.717, 1.165) is 11.9 Å². The van der Waals surface area contributed by atoms with Crippen LogP contribution in [0.25, 0.3) is 0 Å². The number of rotatable bonds is 4. The molecule has 0 aliphatic rings. The summed E-state index contributed by atoms with van der Waals surface area (Å²) < 4.78 is 7.66. The third-order valence-corrected chi connectivity index (χ3v) is 3.87. The second-order valence-corrected chi connectivity index (χ2v) is 4.54. The van der Waals surface area contributed by atoms with Crippen molar-refractivity contribution in [1.29, 1.82) is 5.41 Å². The lowest BCUT2D eigenvalue weighted by atomic mass is 10.8. The molecule has 0 bridgehead atoms. The van der Waals surface area contributed by atoms with Crippen LogP contribution in [0, 0.1) is 5.41 Å². The van der Waals surface area contributed by atoms with Gasteiger partial charge in [0.15, 0.2) is 0 Å². The number of urea groups is 1. The lowest BCUT2D eigenvalue weighted by molar-refractivity contribution is 0.222. The van der Waals surface area contributed by atoms with E-state index in [-0.39, 0.29) is 12.1 Å². The summed E-state index contributed by atoms with van der Waals surface area (Å²) in [5, 5.41) is 7.54. The van der Waals surface area contributed by atoms with Crippen molar-refractivity contribution >= 4 is 47.9 Å². The van der Waals surface area contributed by atoms with Crippen LogP contribution < -0.4 is 0 Å². The molecule has 0 saturated heterocycles. The molecular weight excluding hydrogens is 254 g/mol. The summed E-state index contributed by atoms with van der Waals surface area (Å²) in [7, 11) is 0. The first-order valence-corrected chi connectivity index (χ1v) is 7.64. The van der Waals surface area contributed by atoms with E-state index >= 15 is 0 Å². The molecule has 1 N–H and O–H groups in total. The van der Waals surface area contributed by atoms with Crippen molar-refractivity contribution in [3.05, 3.63) is 0 Å². The summed E-state index contributed by atoms with van der Waals surface area (Å²) >= 11 is 3.74. The highest BCUT2D eigenvalue weighted by molar-refractivity contribution is 8.12. The van der Waals surface area contributed by atoms with Gasteiger partial charge in [0, 0.05) is 18.8 Å². The van der Waals surface area contributed by atoms with Gasteiger partial charge in [-0.25, -0.2) is 8.51 Å². The molecule has 0 aliphatic heterocycles. The predicted octanol–water partition coefficient (Wildman–Crippen LogP) is 2.52. The SMILES string of the molecule is CCOC(=N)N(SC)C(=O)N(SC)SC. The zero-order chi connectivity index (χ0) is 11.8. The van der Waals surface area contributed by atoms with Gasteiger partial charge >= 0.3 is 12.1 Å². The summed E-state index contributed by atoms with van der Waals surface area (Å²) in [4.78, 5) is 11.8. The van der Waals surface area contributed by atoms with Crippen LogP contribution >= 0.6 is 35.8 Å². The van der Waals surface area contributed by atoms with Crippen LogP contribution in [0.1, 0.15) is 6.92 Å².